The maximum atomic E-state index is 13.7. The van der Waals surface area contributed by atoms with Gasteiger partial charge in [0.25, 0.3) is 0 Å². The van der Waals surface area contributed by atoms with Crippen molar-refractivity contribution < 1.29 is 13.7 Å². The molecule has 0 aromatic carbocycles. The van der Waals surface area contributed by atoms with Crippen LogP contribution in [0, 0.1) is 5.95 Å². The van der Waals surface area contributed by atoms with Crippen LogP contribution in [0.1, 0.15) is 40.5 Å². The fraction of sp³-hybridized carbons (Fsp3) is 0.643. The van der Waals surface area contributed by atoms with Crippen LogP contribution in [0.25, 0.3) is 0 Å². The first-order chi connectivity index (χ1) is 9.27. The fourth-order valence-electron chi connectivity index (χ4n) is 2.14. The monoisotopic (exact) mass is 278 g/mol. The van der Waals surface area contributed by atoms with E-state index in [1.807, 2.05) is 33.8 Å². The first kappa shape index (κ1) is 13.8. The number of hydrogen-bond donors (Lipinski definition) is 1. The minimum Gasteiger partial charge on any atom is -0.399 e. The zero-order valence-electron chi connectivity index (χ0n) is 12.4. The van der Waals surface area contributed by atoms with Gasteiger partial charge in [0.2, 0.25) is 5.95 Å². The van der Waals surface area contributed by atoms with E-state index in [9.17, 15) is 4.39 Å². The highest BCUT2D eigenvalue weighted by atomic mass is 19.1. The number of anilines is 1. The van der Waals surface area contributed by atoms with Crippen molar-refractivity contribution in [3.63, 3.8) is 0 Å². The molecule has 20 heavy (non-hydrogen) atoms. The molecule has 0 unspecified atom stereocenters. The third-order valence-corrected chi connectivity index (χ3v) is 4.27. The van der Waals surface area contributed by atoms with Gasteiger partial charge < -0.3 is 14.6 Å². The number of aromatic nitrogens is 1. The van der Waals surface area contributed by atoms with E-state index in [4.69, 9.17) is 9.31 Å². The Labute approximate surface area is 119 Å². The number of nitrogens with zero attached hydrogens (tertiary/aromatic N) is 1. The van der Waals surface area contributed by atoms with Crippen molar-refractivity contribution >= 4 is 18.4 Å². The molecule has 0 amide bonds. The fourth-order valence-corrected chi connectivity index (χ4v) is 2.14. The van der Waals surface area contributed by atoms with E-state index < -0.39 is 24.3 Å². The topological polar surface area (TPSA) is 43.4 Å². The highest BCUT2D eigenvalue weighted by Gasteiger charge is 2.51. The minimum atomic E-state index is -0.558. The molecule has 3 rings (SSSR count). The van der Waals surface area contributed by atoms with Crippen molar-refractivity contribution in [3.8, 4) is 0 Å². The number of pyridine rings is 1. The van der Waals surface area contributed by atoms with E-state index in [-0.39, 0.29) is 0 Å². The van der Waals surface area contributed by atoms with E-state index in [1.165, 1.54) is 6.07 Å². The quantitative estimate of drug-likeness (QED) is 0.679. The summed E-state index contributed by atoms with van der Waals surface area (Å²) in [5, 5.41) is 3.20. The molecule has 1 saturated carbocycles. The lowest BCUT2D eigenvalue weighted by Crippen LogP contribution is -2.41. The number of halogens is 1. The predicted octanol–water partition coefficient (Wildman–Crippen LogP) is 2.09. The maximum Gasteiger partial charge on any atom is 0.495 e. The third kappa shape index (κ3) is 2.54. The van der Waals surface area contributed by atoms with Crippen LogP contribution in [0.15, 0.2) is 12.1 Å². The molecule has 1 N–H and O–H groups in total. The van der Waals surface area contributed by atoms with Gasteiger partial charge in [0.15, 0.2) is 0 Å². The van der Waals surface area contributed by atoms with Gasteiger partial charge in [-0.25, -0.2) is 4.98 Å². The maximum absolute atomic E-state index is 13.7. The Morgan fingerprint density at radius 2 is 1.80 bits per heavy atom. The number of rotatable bonds is 3. The predicted molar refractivity (Wildman–Crippen MR) is 76.6 cm³/mol. The summed E-state index contributed by atoms with van der Waals surface area (Å²) in [6.07, 6.45) is 2.23. The van der Waals surface area contributed by atoms with Gasteiger partial charge in [0.1, 0.15) is 5.82 Å². The Hall–Kier alpha value is -1.14. The lowest BCUT2D eigenvalue weighted by Gasteiger charge is -2.32. The molecule has 6 heteroatoms. The SMILES string of the molecule is CC1(C)OB(c2cc(F)nc(NC3CC3)c2)OC1(C)C. The molecule has 2 aliphatic rings. The van der Waals surface area contributed by atoms with Gasteiger partial charge in [0.05, 0.1) is 11.2 Å². The van der Waals surface area contributed by atoms with E-state index >= 15 is 0 Å². The summed E-state index contributed by atoms with van der Waals surface area (Å²) < 4.78 is 25.5. The van der Waals surface area contributed by atoms with E-state index in [1.54, 1.807) is 0 Å². The summed E-state index contributed by atoms with van der Waals surface area (Å²) in [6.45, 7) is 7.92. The summed E-state index contributed by atoms with van der Waals surface area (Å²) in [7, 11) is -0.558. The van der Waals surface area contributed by atoms with Gasteiger partial charge in [-0.3, -0.25) is 0 Å². The molecule has 1 saturated heterocycles. The lowest BCUT2D eigenvalue weighted by atomic mass is 9.79. The van der Waals surface area contributed by atoms with Crippen LogP contribution in [0.5, 0.6) is 0 Å². The highest BCUT2D eigenvalue weighted by molar-refractivity contribution is 6.62. The van der Waals surface area contributed by atoms with Crippen LogP contribution in [0.2, 0.25) is 0 Å². The van der Waals surface area contributed by atoms with Crippen LogP contribution < -0.4 is 10.8 Å². The second-order valence-electron chi connectivity index (χ2n) is 6.62. The van der Waals surface area contributed by atoms with Crippen molar-refractivity contribution in [2.75, 3.05) is 5.32 Å². The summed E-state index contributed by atoms with van der Waals surface area (Å²) in [6, 6.07) is 3.61. The molecule has 0 radical (unpaired) electrons. The minimum absolute atomic E-state index is 0.426. The van der Waals surface area contributed by atoms with Gasteiger partial charge in [-0.1, -0.05) is 0 Å². The molecule has 1 aromatic rings. The van der Waals surface area contributed by atoms with Crippen LogP contribution in [0.4, 0.5) is 10.2 Å². The average Bonchev–Trinajstić information content (AvgIpc) is 3.06. The summed E-state index contributed by atoms with van der Waals surface area (Å²) >= 11 is 0. The molecule has 2 fully saturated rings. The van der Waals surface area contributed by atoms with Crippen molar-refractivity contribution in [3.05, 3.63) is 18.1 Å². The lowest BCUT2D eigenvalue weighted by molar-refractivity contribution is 0.00578. The molecular weight excluding hydrogens is 258 g/mol. The standard InChI is InChI=1S/C14H20BFN2O2/c1-13(2)14(3,4)20-15(19-13)9-7-11(16)18-12(8-9)17-10-5-6-10/h7-8,10H,5-6H2,1-4H3,(H,17,18). The van der Waals surface area contributed by atoms with Crippen molar-refractivity contribution in [2.24, 2.45) is 0 Å². The van der Waals surface area contributed by atoms with E-state index in [0.717, 1.165) is 12.8 Å². The molecule has 1 aliphatic carbocycles. The molecule has 4 nitrogen and oxygen atoms in total. The first-order valence-electron chi connectivity index (χ1n) is 7.06. The van der Waals surface area contributed by atoms with Gasteiger partial charge in [-0.05, 0) is 58.1 Å². The molecule has 0 atom stereocenters. The van der Waals surface area contributed by atoms with Gasteiger partial charge in [-0.2, -0.15) is 4.39 Å². The molecule has 108 valence electrons. The highest BCUT2D eigenvalue weighted by Crippen LogP contribution is 2.36. The normalized spacial score (nSPS) is 23.9. The molecule has 2 heterocycles. The third-order valence-electron chi connectivity index (χ3n) is 4.27. The first-order valence-corrected chi connectivity index (χ1v) is 7.06. The zero-order valence-corrected chi connectivity index (χ0v) is 12.4. The Balaban J connectivity index is 1.85. The number of hydrogen-bond acceptors (Lipinski definition) is 4. The molecule has 0 bridgehead atoms. The number of nitrogens with one attached hydrogen (secondary N) is 1. The van der Waals surface area contributed by atoms with Crippen molar-refractivity contribution in [1.29, 1.82) is 0 Å². The van der Waals surface area contributed by atoms with Crippen LogP contribution in [-0.4, -0.2) is 29.3 Å². The molecule has 1 aliphatic heterocycles. The smallest absolute Gasteiger partial charge is 0.399 e. The zero-order chi connectivity index (χ0) is 14.5. The van der Waals surface area contributed by atoms with Crippen molar-refractivity contribution in [1.82, 2.24) is 4.98 Å². The second-order valence-corrected chi connectivity index (χ2v) is 6.62. The summed E-state index contributed by atoms with van der Waals surface area (Å²) in [5.74, 6) is 0.0394. The van der Waals surface area contributed by atoms with Crippen LogP contribution in [0.3, 0.4) is 0 Å². The summed E-state index contributed by atoms with van der Waals surface area (Å²) in [4.78, 5) is 3.87. The Kier molecular flexibility index (Phi) is 3.06. The van der Waals surface area contributed by atoms with E-state index in [2.05, 4.69) is 10.3 Å². The van der Waals surface area contributed by atoms with Gasteiger partial charge in [-0.15, -0.1) is 0 Å². The Bertz CT molecular complexity index is 516. The molecule has 1 aromatic heterocycles. The Morgan fingerprint density at radius 3 is 2.35 bits per heavy atom. The summed E-state index contributed by atoms with van der Waals surface area (Å²) in [5.41, 5.74) is -0.192. The largest absolute Gasteiger partial charge is 0.495 e. The van der Waals surface area contributed by atoms with Gasteiger partial charge >= 0.3 is 7.12 Å². The Morgan fingerprint density at radius 1 is 1.20 bits per heavy atom. The van der Waals surface area contributed by atoms with Crippen molar-refractivity contribution in [2.45, 2.75) is 57.8 Å². The average molecular weight is 278 g/mol. The van der Waals surface area contributed by atoms with Crippen LogP contribution >= 0.6 is 0 Å². The molecule has 0 spiro atoms. The molecular formula is C14H20BFN2O2. The van der Waals surface area contributed by atoms with Gasteiger partial charge in [0, 0.05) is 6.04 Å². The second kappa shape index (κ2) is 4.43. The van der Waals surface area contributed by atoms with Crippen LogP contribution in [-0.2, 0) is 9.31 Å². The van der Waals surface area contributed by atoms with E-state index in [0.29, 0.717) is 17.3 Å².